The second-order valence-electron chi connectivity index (χ2n) is 6.47. The molecule has 27 heavy (non-hydrogen) atoms. The number of aromatic nitrogens is 2. The number of imidazole rings is 1. The van der Waals surface area contributed by atoms with Crippen LogP contribution in [-0.2, 0) is 4.79 Å². The smallest absolute Gasteiger partial charge is 0.269 e. The number of halogens is 1. The van der Waals surface area contributed by atoms with Gasteiger partial charge in [0.25, 0.3) is 5.91 Å². The summed E-state index contributed by atoms with van der Waals surface area (Å²) in [5, 5.41) is 4.63. The van der Waals surface area contributed by atoms with Crippen LogP contribution in [0.4, 0.5) is 4.39 Å². The molecule has 2 amide bonds. The first-order valence-corrected chi connectivity index (χ1v) is 9.79. The number of nitrogens with one attached hydrogen (secondary N) is 1. The Hall–Kier alpha value is -2.74. The first-order valence-electron chi connectivity index (χ1n) is 8.91. The number of amides is 2. The third-order valence-corrected chi connectivity index (χ3v) is 5.49. The van der Waals surface area contributed by atoms with Gasteiger partial charge in [-0.05, 0) is 25.0 Å². The first kappa shape index (κ1) is 17.7. The van der Waals surface area contributed by atoms with Crippen LogP contribution in [-0.4, -0.2) is 45.7 Å². The fourth-order valence-corrected chi connectivity index (χ4v) is 4.10. The van der Waals surface area contributed by atoms with E-state index in [1.165, 1.54) is 17.4 Å². The molecular weight excluding hydrogens is 367 g/mol. The van der Waals surface area contributed by atoms with E-state index in [2.05, 4.69) is 10.3 Å². The molecule has 1 aliphatic rings. The predicted molar refractivity (Wildman–Crippen MR) is 101 cm³/mol. The van der Waals surface area contributed by atoms with Gasteiger partial charge in [-0.15, -0.1) is 11.3 Å². The van der Waals surface area contributed by atoms with E-state index in [-0.39, 0.29) is 17.6 Å². The van der Waals surface area contributed by atoms with Gasteiger partial charge in [0.1, 0.15) is 11.5 Å². The number of hydrogen-bond acceptors (Lipinski definition) is 4. The summed E-state index contributed by atoms with van der Waals surface area (Å²) in [5.74, 6) is -0.350. The molecule has 2 aromatic heterocycles. The second-order valence-corrected chi connectivity index (χ2v) is 7.31. The normalized spacial score (nSPS) is 14.3. The lowest BCUT2D eigenvalue weighted by molar-refractivity contribution is -0.127. The molecule has 1 saturated heterocycles. The van der Waals surface area contributed by atoms with Crippen LogP contribution in [0.5, 0.6) is 0 Å². The van der Waals surface area contributed by atoms with Crippen molar-refractivity contribution in [2.75, 3.05) is 19.6 Å². The zero-order valence-electron chi connectivity index (χ0n) is 14.7. The van der Waals surface area contributed by atoms with E-state index < -0.39 is 0 Å². The van der Waals surface area contributed by atoms with E-state index in [1.54, 1.807) is 34.2 Å². The Morgan fingerprint density at radius 3 is 2.96 bits per heavy atom. The molecule has 8 heteroatoms. The highest BCUT2D eigenvalue weighted by molar-refractivity contribution is 7.15. The van der Waals surface area contributed by atoms with Gasteiger partial charge in [-0.25, -0.2) is 9.37 Å². The average molecular weight is 386 g/mol. The molecule has 3 aromatic rings. The fraction of sp³-hybridized carbons (Fsp3) is 0.316. The number of thiazole rings is 1. The standard InChI is InChI=1S/C19H19FN4O2S/c20-14-6-2-1-5-13(14)15-11-24-16(12-27-19(24)22-15)18(26)21-8-4-10-23-9-3-7-17(23)25/h1-2,5-6,11-12H,3-4,7-10H2,(H,21,26). The lowest BCUT2D eigenvalue weighted by Gasteiger charge is -2.15. The summed E-state index contributed by atoms with van der Waals surface area (Å²) in [6.07, 6.45) is 3.95. The van der Waals surface area contributed by atoms with Gasteiger partial charge in [0.05, 0.1) is 5.69 Å². The van der Waals surface area contributed by atoms with Gasteiger partial charge in [-0.1, -0.05) is 12.1 Å². The topological polar surface area (TPSA) is 66.7 Å². The predicted octanol–water partition coefficient (Wildman–Crippen LogP) is 2.94. The molecule has 0 atom stereocenters. The maximum Gasteiger partial charge on any atom is 0.269 e. The molecule has 0 unspecified atom stereocenters. The number of rotatable bonds is 6. The summed E-state index contributed by atoms with van der Waals surface area (Å²) in [7, 11) is 0. The highest BCUT2D eigenvalue weighted by Gasteiger charge is 2.20. The van der Waals surface area contributed by atoms with Crippen LogP contribution in [0.1, 0.15) is 29.8 Å². The Balaban J connectivity index is 1.41. The SMILES string of the molecule is O=C(NCCCN1CCCC1=O)c1csc2nc(-c3ccccc3F)cn12. The number of likely N-dealkylation sites (tertiary alicyclic amines) is 1. The number of benzene rings is 1. The van der Waals surface area contributed by atoms with Crippen molar-refractivity contribution in [1.82, 2.24) is 19.6 Å². The molecule has 1 fully saturated rings. The van der Waals surface area contributed by atoms with Gasteiger partial charge in [0.2, 0.25) is 5.91 Å². The van der Waals surface area contributed by atoms with E-state index in [0.717, 1.165) is 19.4 Å². The summed E-state index contributed by atoms with van der Waals surface area (Å²) in [5.41, 5.74) is 1.39. The highest BCUT2D eigenvalue weighted by atomic mass is 32.1. The summed E-state index contributed by atoms with van der Waals surface area (Å²) in [6, 6.07) is 6.44. The van der Waals surface area contributed by atoms with E-state index in [9.17, 15) is 14.0 Å². The maximum atomic E-state index is 14.0. The third kappa shape index (κ3) is 3.57. The lowest BCUT2D eigenvalue weighted by Crippen LogP contribution is -2.31. The highest BCUT2D eigenvalue weighted by Crippen LogP contribution is 2.25. The van der Waals surface area contributed by atoms with Gasteiger partial charge in [-0.2, -0.15) is 0 Å². The molecule has 1 aromatic carbocycles. The third-order valence-electron chi connectivity index (χ3n) is 4.65. The summed E-state index contributed by atoms with van der Waals surface area (Å²) >= 11 is 1.34. The second kappa shape index (κ2) is 7.48. The van der Waals surface area contributed by atoms with E-state index in [4.69, 9.17) is 0 Å². The van der Waals surface area contributed by atoms with Crippen molar-refractivity contribution in [3.05, 3.63) is 47.4 Å². The Morgan fingerprint density at radius 1 is 1.33 bits per heavy atom. The number of hydrogen-bond donors (Lipinski definition) is 1. The van der Waals surface area contributed by atoms with Crippen molar-refractivity contribution in [3.63, 3.8) is 0 Å². The van der Waals surface area contributed by atoms with Crippen LogP contribution in [0, 0.1) is 5.82 Å². The summed E-state index contributed by atoms with van der Waals surface area (Å²) in [4.78, 5) is 31.0. The lowest BCUT2D eigenvalue weighted by atomic mass is 10.1. The number of nitrogens with zero attached hydrogens (tertiary/aromatic N) is 3. The van der Waals surface area contributed by atoms with Crippen LogP contribution < -0.4 is 5.32 Å². The number of carbonyl (C=O) groups is 2. The molecule has 0 radical (unpaired) electrons. The molecule has 3 heterocycles. The molecule has 0 saturated carbocycles. The molecule has 4 rings (SSSR count). The van der Waals surface area contributed by atoms with Crippen LogP contribution in [0.15, 0.2) is 35.8 Å². The fourth-order valence-electron chi connectivity index (χ4n) is 3.25. The van der Waals surface area contributed by atoms with E-state index in [1.807, 2.05) is 4.90 Å². The summed E-state index contributed by atoms with van der Waals surface area (Å²) in [6.45, 7) is 1.97. The Morgan fingerprint density at radius 2 is 2.19 bits per heavy atom. The molecule has 0 spiro atoms. The van der Waals surface area contributed by atoms with Gasteiger partial charge in [-0.3, -0.25) is 14.0 Å². The van der Waals surface area contributed by atoms with Crippen LogP contribution >= 0.6 is 11.3 Å². The van der Waals surface area contributed by atoms with Crippen molar-refractivity contribution in [2.24, 2.45) is 0 Å². The Kier molecular flexibility index (Phi) is 4.89. The van der Waals surface area contributed by atoms with Gasteiger partial charge in [0, 0.05) is 43.2 Å². The van der Waals surface area contributed by atoms with Gasteiger partial charge in [0.15, 0.2) is 4.96 Å². The quantitative estimate of drug-likeness (QED) is 0.663. The maximum absolute atomic E-state index is 14.0. The monoisotopic (exact) mass is 386 g/mol. The number of carbonyl (C=O) groups excluding carboxylic acids is 2. The Labute approximate surface area is 159 Å². The van der Waals surface area contributed by atoms with Crippen molar-refractivity contribution in [2.45, 2.75) is 19.3 Å². The van der Waals surface area contributed by atoms with Gasteiger partial charge >= 0.3 is 0 Å². The van der Waals surface area contributed by atoms with Crippen molar-refractivity contribution < 1.29 is 14.0 Å². The molecule has 0 bridgehead atoms. The zero-order chi connectivity index (χ0) is 18.8. The van der Waals surface area contributed by atoms with Crippen LogP contribution in [0.3, 0.4) is 0 Å². The molecule has 6 nitrogen and oxygen atoms in total. The summed E-state index contributed by atoms with van der Waals surface area (Å²) < 4.78 is 15.7. The van der Waals surface area contributed by atoms with Crippen molar-refractivity contribution >= 4 is 28.1 Å². The average Bonchev–Trinajstić information content (AvgIpc) is 3.35. The van der Waals surface area contributed by atoms with Crippen molar-refractivity contribution in [3.8, 4) is 11.3 Å². The minimum absolute atomic E-state index is 0.194. The number of fused-ring (bicyclic) bond motifs is 1. The van der Waals surface area contributed by atoms with Gasteiger partial charge < -0.3 is 10.2 Å². The molecule has 1 N–H and O–H groups in total. The van der Waals surface area contributed by atoms with E-state index >= 15 is 0 Å². The minimum atomic E-state index is -0.342. The zero-order valence-corrected chi connectivity index (χ0v) is 15.5. The largest absolute Gasteiger partial charge is 0.351 e. The van der Waals surface area contributed by atoms with Crippen LogP contribution in [0.2, 0.25) is 0 Å². The molecule has 140 valence electrons. The van der Waals surface area contributed by atoms with Crippen molar-refractivity contribution in [1.29, 1.82) is 0 Å². The first-order chi connectivity index (χ1) is 13.1. The molecule has 0 aliphatic carbocycles. The van der Waals surface area contributed by atoms with E-state index in [0.29, 0.717) is 41.4 Å². The molecular formula is C19H19FN4O2S. The minimum Gasteiger partial charge on any atom is -0.351 e. The Bertz CT molecular complexity index is 997. The van der Waals surface area contributed by atoms with Crippen LogP contribution in [0.25, 0.3) is 16.2 Å². The molecule has 1 aliphatic heterocycles.